The molecular weight excluding hydrogens is 538 g/mol. The molecule has 1 fully saturated rings. The number of thioether (sulfide) groups is 1. The number of allylic oxidation sites excluding steroid dienone is 1. The molecule has 0 atom stereocenters. The predicted octanol–water partition coefficient (Wildman–Crippen LogP) is 6.28. The zero-order valence-corrected chi connectivity index (χ0v) is 23.9. The van der Waals surface area contributed by atoms with Gasteiger partial charge < -0.3 is 14.2 Å². The monoisotopic (exact) mass is 567 g/mol. The molecule has 4 rings (SSSR count). The van der Waals surface area contributed by atoms with Crippen molar-refractivity contribution in [3.05, 3.63) is 106 Å². The van der Waals surface area contributed by atoms with Gasteiger partial charge in [0.05, 0.1) is 41.5 Å². The van der Waals surface area contributed by atoms with Crippen LogP contribution in [0, 0.1) is 11.3 Å². The predicted molar refractivity (Wildman–Crippen MR) is 160 cm³/mol. The number of carbonyl (C=O) groups excluding carboxylic acids is 2. The zero-order valence-electron chi connectivity index (χ0n) is 23.0. The average molecular weight is 568 g/mol. The second-order valence-corrected chi connectivity index (χ2v) is 9.91. The van der Waals surface area contributed by atoms with Crippen LogP contribution in [0.2, 0.25) is 0 Å². The smallest absolute Gasteiger partial charge is 0.337 e. The molecular formula is C32H29N3O5S. The van der Waals surface area contributed by atoms with E-state index < -0.39 is 5.97 Å². The van der Waals surface area contributed by atoms with Gasteiger partial charge in [0.15, 0.2) is 16.7 Å². The minimum Gasteiger partial charge on any atom is -0.490 e. The van der Waals surface area contributed by atoms with Crippen LogP contribution in [0.3, 0.4) is 0 Å². The van der Waals surface area contributed by atoms with Gasteiger partial charge in [0.2, 0.25) is 0 Å². The maximum Gasteiger partial charge on any atom is 0.337 e. The summed E-state index contributed by atoms with van der Waals surface area (Å²) in [7, 11) is 3.00. The van der Waals surface area contributed by atoms with Gasteiger partial charge >= 0.3 is 5.97 Å². The summed E-state index contributed by atoms with van der Waals surface area (Å²) in [6.07, 6.45) is 4.09. The number of rotatable bonds is 10. The summed E-state index contributed by atoms with van der Waals surface area (Å²) < 4.78 is 16.9. The van der Waals surface area contributed by atoms with Crippen molar-refractivity contribution in [3.63, 3.8) is 0 Å². The van der Waals surface area contributed by atoms with Gasteiger partial charge in [-0.15, -0.1) is 6.58 Å². The Morgan fingerprint density at radius 1 is 1.12 bits per heavy atom. The number of hydrogen-bond donors (Lipinski definition) is 0. The molecule has 0 unspecified atom stereocenters. The topological polar surface area (TPSA) is 101 Å². The first-order valence-electron chi connectivity index (χ1n) is 12.8. The van der Waals surface area contributed by atoms with E-state index in [9.17, 15) is 14.9 Å². The van der Waals surface area contributed by atoms with Crippen molar-refractivity contribution in [1.29, 1.82) is 5.26 Å². The van der Waals surface area contributed by atoms with Gasteiger partial charge in [-0.1, -0.05) is 24.3 Å². The minimum absolute atomic E-state index is 0.184. The van der Waals surface area contributed by atoms with Crippen LogP contribution in [0.4, 0.5) is 5.69 Å². The summed E-state index contributed by atoms with van der Waals surface area (Å²) in [5.74, 6) is 0.498. The van der Waals surface area contributed by atoms with Crippen molar-refractivity contribution in [1.82, 2.24) is 4.90 Å². The molecule has 1 heterocycles. The van der Waals surface area contributed by atoms with Gasteiger partial charge in [-0.25, -0.2) is 9.79 Å². The molecule has 0 N–H and O–H groups in total. The fourth-order valence-electron chi connectivity index (χ4n) is 4.11. The van der Waals surface area contributed by atoms with Crippen LogP contribution in [0.1, 0.15) is 39.5 Å². The highest BCUT2D eigenvalue weighted by atomic mass is 32.2. The molecule has 0 aliphatic carbocycles. The van der Waals surface area contributed by atoms with E-state index in [4.69, 9.17) is 14.2 Å². The van der Waals surface area contributed by atoms with E-state index in [-0.39, 0.29) is 12.5 Å². The normalized spacial score (nSPS) is 14.7. The molecule has 41 heavy (non-hydrogen) atoms. The fraction of sp³-hybridized carbons (Fsp3) is 0.188. The van der Waals surface area contributed by atoms with Crippen molar-refractivity contribution < 1.29 is 23.8 Å². The van der Waals surface area contributed by atoms with E-state index in [1.54, 1.807) is 49.5 Å². The maximum absolute atomic E-state index is 13.1. The van der Waals surface area contributed by atoms with Gasteiger partial charge in [0, 0.05) is 18.2 Å². The summed E-state index contributed by atoms with van der Waals surface area (Å²) >= 11 is 1.26. The minimum atomic E-state index is -0.428. The SMILES string of the molecule is C=CCc1cc(/C=C2\SC(=Nc3ccc(C(=O)OC)cc3)N(C)C2=O)cc(OCC)c1OCc1ccccc1C#N. The lowest BCUT2D eigenvalue weighted by Crippen LogP contribution is -2.23. The molecule has 1 aliphatic rings. The number of benzene rings is 3. The Kier molecular flexibility index (Phi) is 9.61. The number of amidine groups is 1. The van der Waals surface area contributed by atoms with E-state index in [0.29, 0.717) is 51.4 Å². The Morgan fingerprint density at radius 2 is 1.88 bits per heavy atom. The van der Waals surface area contributed by atoms with Crippen molar-refractivity contribution in [3.8, 4) is 17.6 Å². The van der Waals surface area contributed by atoms with Crippen LogP contribution in [0.5, 0.6) is 11.5 Å². The molecule has 8 nitrogen and oxygen atoms in total. The Morgan fingerprint density at radius 3 is 2.56 bits per heavy atom. The average Bonchev–Trinajstić information content (AvgIpc) is 3.24. The summed E-state index contributed by atoms with van der Waals surface area (Å²) in [5.41, 5.74) is 3.96. The molecule has 3 aromatic rings. The second-order valence-electron chi connectivity index (χ2n) is 8.90. The maximum atomic E-state index is 13.1. The first-order valence-corrected chi connectivity index (χ1v) is 13.7. The van der Waals surface area contributed by atoms with Gasteiger partial charge in [-0.3, -0.25) is 9.69 Å². The van der Waals surface area contributed by atoms with Gasteiger partial charge in [-0.05, 0) is 79.2 Å². The van der Waals surface area contributed by atoms with Gasteiger partial charge in [-0.2, -0.15) is 5.26 Å². The molecule has 1 saturated heterocycles. The van der Waals surface area contributed by atoms with E-state index in [0.717, 1.165) is 16.7 Å². The number of nitriles is 1. The van der Waals surface area contributed by atoms with Crippen molar-refractivity contribution in [2.75, 3.05) is 20.8 Å². The first kappa shape index (κ1) is 29.2. The van der Waals surface area contributed by atoms with Crippen LogP contribution in [0.25, 0.3) is 6.08 Å². The van der Waals surface area contributed by atoms with Crippen LogP contribution in [-0.4, -0.2) is 42.7 Å². The van der Waals surface area contributed by atoms with E-state index in [2.05, 4.69) is 17.6 Å². The number of methoxy groups -OCH3 is 1. The number of amides is 1. The third kappa shape index (κ3) is 6.86. The summed E-state index contributed by atoms with van der Waals surface area (Å²) in [5, 5.41) is 9.95. The highest BCUT2D eigenvalue weighted by Crippen LogP contribution is 2.38. The number of likely N-dealkylation sites (N-methyl/N-ethyl adjacent to an activating group) is 1. The third-order valence-electron chi connectivity index (χ3n) is 6.14. The lowest BCUT2D eigenvalue weighted by atomic mass is 10.0. The van der Waals surface area contributed by atoms with E-state index in [1.807, 2.05) is 37.3 Å². The molecule has 208 valence electrons. The first-order chi connectivity index (χ1) is 19.9. The van der Waals surface area contributed by atoms with Gasteiger partial charge in [0.1, 0.15) is 6.61 Å². The summed E-state index contributed by atoms with van der Waals surface area (Å²) in [4.78, 5) is 31.4. The molecule has 1 aliphatic heterocycles. The van der Waals surface area contributed by atoms with E-state index in [1.165, 1.54) is 23.8 Å². The quantitative estimate of drug-likeness (QED) is 0.161. The lowest BCUT2D eigenvalue weighted by molar-refractivity contribution is -0.121. The Balaban J connectivity index is 1.63. The van der Waals surface area contributed by atoms with Crippen molar-refractivity contribution >= 4 is 40.6 Å². The molecule has 0 aromatic heterocycles. The number of hydrogen-bond acceptors (Lipinski definition) is 8. The molecule has 0 spiro atoms. The van der Waals surface area contributed by atoms with Crippen LogP contribution >= 0.6 is 11.8 Å². The zero-order chi connectivity index (χ0) is 29.4. The largest absolute Gasteiger partial charge is 0.490 e. The Labute approximate surface area is 243 Å². The Bertz CT molecular complexity index is 1570. The van der Waals surface area contributed by atoms with Crippen molar-refractivity contribution in [2.45, 2.75) is 20.0 Å². The Hall–Kier alpha value is -4.81. The van der Waals surface area contributed by atoms with Gasteiger partial charge in [0.25, 0.3) is 5.91 Å². The molecule has 9 heteroatoms. The second kappa shape index (κ2) is 13.5. The highest BCUT2D eigenvalue weighted by Gasteiger charge is 2.30. The molecule has 1 amide bonds. The molecule has 0 saturated carbocycles. The standard InChI is InChI=1S/C32H29N3O5S/c1-5-9-23-16-21(17-27(39-6-2)29(23)40-20-25-11-8-7-10-24(25)19-33)18-28-30(36)35(3)32(41-28)34-26-14-12-22(13-15-26)31(37)38-4/h5,7-8,10-18H,1,6,9,20H2,2-4H3/b28-18-,34-32?. The number of ether oxygens (including phenoxy) is 3. The lowest BCUT2D eigenvalue weighted by Gasteiger charge is -2.17. The number of nitrogens with zero attached hydrogens (tertiary/aromatic N) is 3. The summed E-state index contributed by atoms with van der Waals surface area (Å²) in [6, 6.07) is 19.9. The molecule has 0 radical (unpaired) electrons. The van der Waals surface area contributed by atoms with Crippen molar-refractivity contribution in [2.24, 2.45) is 4.99 Å². The number of carbonyl (C=O) groups is 2. The third-order valence-corrected chi connectivity index (χ3v) is 7.20. The van der Waals surface area contributed by atoms with Crippen LogP contribution in [-0.2, 0) is 22.6 Å². The van der Waals surface area contributed by atoms with Crippen LogP contribution in [0.15, 0.2) is 83.2 Å². The highest BCUT2D eigenvalue weighted by molar-refractivity contribution is 8.18. The molecule has 0 bridgehead atoms. The summed E-state index contributed by atoms with van der Waals surface area (Å²) in [6.45, 7) is 6.39. The molecule has 3 aromatic carbocycles. The number of aliphatic imine (C=N–C) groups is 1. The van der Waals surface area contributed by atoms with Crippen LogP contribution < -0.4 is 9.47 Å². The van der Waals surface area contributed by atoms with E-state index >= 15 is 0 Å². The fourth-order valence-corrected chi connectivity index (χ4v) is 5.10. The number of esters is 1.